The number of benzene rings is 1. The number of rotatable bonds is 5. The van der Waals surface area contributed by atoms with Crippen molar-refractivity contribution < 1.29 is 14.2 Å². The molecule has 2 heterocycles. The van der Waals surface area contributed by atoms with Gasteiger partial charge in [0.25, 0.3) is 0 Å². The van der Waals surface area contributed by atoms with Crippen molar-refractivity contribution in [2.75, 3.05) is 13.2 Å². The summed E-state index contributed by atoms with van der Waals surface area (Å²) >= 11 is 0. The standard InChI is InChI=1S/C14H18O3/c1-14(2)12(17-14)9-15-8-11-13(16-11)10-6-4-3-5-7-10/h3-7,11-13H,8-9H2,1-2H3. The lowest BCUT2D eigenvalue weighted by Crippen LogP contribution is -2.12. The first-order chi connectivity index (χ1) is 8.17. The molecule has 2 aliphatic rings. The Labute approximate surface area is 102 Å². The van der Waals surface area contributed by atoms with Crippen LogP contribution in [0.25, 0.3) is 0 Å². The summed E-state index contributed by atoms with van der Waals surface area (Å²) in [4.78, 5) is 0. The lowest BCUT2D eigenvalue weighted by atomic mass is 10.1. The SMILES string of the molecule is CC1(C)OC1COCC1OC1c1ccccc1. The van der Waals surface area contributed by atoms with Crippen LogP contribution in [0.2, 0.25) is 0 Å². The van der Waals surface area contributed by atoms with Crippen LogP contribution in [0.1, 0.15) is 25.5 Å². The van der Waals surface area contributed by atoms with Crippen molar-refractivity contribution in [2.45, 2.75) is 37.8 Å². The van der Waals surface area contributed by atoms with Crippen LogP contribution in [-0.2, 0) is 14.2 Å². The second kappa shape index (κ2) is 4.09. The van der Waals surface area contributed by atoms with E-state index in [0.29, 0.717) is 13.2 Å². The Hall–Kier alpha value is -0.900. The molecule has 3 unspecified atom stereocenters. The van der Waals surface area contributed by atoms with Gasteiger partial charge >= 0.3 is 0 Å². The molecule has 0 saturated carbocycles. The Balaban J connectivity index is 1.39. The van der Waals surface area contributed by atoms with Crippen LogP contribution in [0, 0.1) is 0 Å². The normalized spacial score (nSPS) is 33.4. The van der Waals surface area contributed by atoms with E-state index in [1.807, 2.05) is 18.2 Å². The van der Waals surface area contributed by atoms with E-state index in [9.17, 15) is 0 Å². The molecular weight excluding hydrogens is 216 g/mol. The number of epoxide rings is 2. The highest BCUT2D eigenvalue weighted by molar-refractivity contribution is 5.22. The highest BCUT2D eigenvalue weighted by Crippen LogP contribution is 2.39. The van der Waals surface area contributed by atoms with E-state index in [1.165, 1.54) is 5.56 Å². The molecule has 92 valence electrons. The molecule has 0 aromatic heterocycles. The predicted molar refractivity (Wildman–Crippen MR) is 63.8 cm³/mol. The van der Waals surface area contributed by atoms with Crippen LogP contribution < -0.4 is 0 Å². The maximum absolute atomic E-state index is 5.62. The molecule has 0 bridgehead atoms. The molecule has 3 nitrogen and oxygen atoms in total. The average molecular weight is 234 g/mol. The average Bonchev–Trinajstić information content (AvgIpc) is 3.19. The molecule has 3 heteroatoms. The van der Waals surface area contributed by atoms with Crippen LogP contribution in [-0.4, -0.2) is 31.0 Å². The monoisotopic (exact) mass is 234 g/mol. The Kier molecular flexibility index (Phi) is 2.69. The molecule has 2 saturated heterocycles. The van der Waals surface area contributed by atoms with Crippen LogP contribution in [0.3, 0.4) is 0 Å². The summed E-state index contributed by atoms with van der Waals surface area (Å²) in [5, 5.41) is 0. The molecule has 17 heavy (non-hydrogen) atoms. The van der Waals surface area contributed by atoms with E-state index < -0.39 is 0 Å². The number of hydrogen-bond acceptors (Lipinski definition) is 3. The second-order valence-corrected chi connectivity index (χ2v) is 5.25. The van der Waals surface area contributed by atoms with Gasteiger partial charge in [-0.3, -0.25) is 0 Å². The first-order valence-electron chi connectivity index (χ1n) is 6.13. The molecule has 2 aliphatic heterocycles. The summed E-state index contributed by atoms with van der Waals surface area (Å²) < 4.78 is 16.7. The zero-order chi connectivity index (χ0) is 11.9. The first-order valence-corrected chi connectivity index (χ1v) is 6.13. The fourth-order valence-corrected chi connectivity index (χ4v) is 2.06. The molecule has 0 amide bonds. The Morgan fingerprint density at radius 2 is 1.88 bits per heavy atom. The predicted octanol–water partition coefficient (Wildman–Crippen LogP) is 2.32. The van der Waals surface area contributed by atoms with Crippen LogP contribution in [0.15, 0.2) is 30.3 Å². The molecule has 0 spiro atoms. The van der Waals surface area contributed by atoms with Gasteiger partial charge in [-0.25, -0.2) is 0 Å². The van der Waals surface area contributed by atoms with Gasteiger partial charge in [0.15, 0.2) is 0 Å². The van der Waals surface area contributed by atoms with E-state index in [0.717, 1.165) is 0 Å². The van der Waals surface area contributed by atoms with Gasteiger partial charge in [-0.05, 0) is 19.4 Å². The zero-order valence-electron chi connectivity index (χ0n) is 10.3. The number of hydrogen-bond donors (Lipinski definition) is 0. The van der Waals surface area contributed by atoms with Crippen molar-refractivity contribution in [3.63, 3.8) is 0 Å². The van der Waals surface area contributed by atoms with Gasteiger partial charge in [-0.15, -0.1) is 0 Å². The second-order valence-electron chi connectivity index (χ2n) is 5.25. The third-order valence-electron chi connectivity index (χ3n) is 3.43. The molecule has 0 N–H and O–H groups in total. The topological polar surface area (TPSA) is 34.3 Å². The fourth-order valence-electron chi connectivity index (χ4n) is 2.06. The highest BCUT2D eigenvalue weighted by atomic mass is 16.6. The van der Waals surface area contributed by atoms with E-state index >= 15 is 0 Å². The van der Waals surface area contributed by atoms with Gasteiger partial charge < -0.3 is 14.2 Å². The van der Waals surface area contributed by atoms with Crippen molar-refractivity contribution in [2.24, 2.45) is 0 Å². The van der Waals surface area contributed by atoms with Gasteiger partial charge in [0.1, 0.15) is 18.3 Å². The third kappa shape index (κ3) is 2.51. The molecule has 2 fully saturated rings. The molecule has 0 radical (unpaired) electrons. The van der Waals surface area contributed by atoms with Crippen molar-refractivity contribution in [3.8, 4) is 0 Å². The minimum absolute atomic E-state index is 0.0171. The summed E-state index contributed by atoms with van der Waals surface area (Å²) in [7, 11) is 0. The molecule has 3 atom stereocenters. The van der Waals surface area contributed by atoms with Crippen molar-refractivity contribution in [3.05, 3.63) is 35.9 Å². The Morgan fingerprint density at radius 3 is 2.53 bits per heavy atom. The van der Waals surface area contributed by atoms with E-state index in [2.05, 4.69) is 26.0 Å². The highest BCUT2D eigenvalue weighted by Gasteiger charge is 2.48. The number of ether oxygens (including phenoxy) is 3. The molecule has 1 aromatic rings. The lowest BCUT2D eigenvalue weighted by molar-refractivity contribution is 0.101. The summed E-state index contributed by atoms with van der Waals surface area (Å²) in [5.74, 6) is 0. The van der Waals surface area contributed by atoms with Gasteiger partial charge in [0.05, 0.1) is 18.8 Å². The van der Waals surface area contributed by atoms with E-state index in [-0.39, 0.29) is 23.9 Å². The van der Waals surface area contributed by atoms with E-state index in [1.54, 1.807) is 0 Å². The maximum atomic E-state index is 5.62. The van der Waals surface area contributed by atoms with Crippen molar-refractivity contribution >= 4 is 0 Å². The van der Waals surface area contributed by atoms with Crippen molar-refractivity contribution in [1.82, 2.24) is 0 Å². The summed E-state index contributed by atoms with van der Waals surface area (Å²) in [6.45, 7) is 5.51. The quantitative estimate of drug-likeness (QED) is 0.733. The largest absolute Gasteiger partial charge is 0.376 e. The fraction of sp³-hybridized carbons (Fsp3) is 0.571. The van der Waals surface area contributed by atoms with Gasteiger partial charge in [0.2, 0.25) is 0 Å². The minimum Gasteiger partial charge on any atom is -0.376 e. The molecule has 1 aromatic carbocycles. The van der Waals surface area contributed by atoms with Crippen molar-refractivity contribution in [1.29, 1.82) is 0 Å². The van der Waals surface area contributed by atoms with E-state index in [4.69, 9.17) is 14.2 Å². The van der Waals surface area contributed by atoms with Gasteiger partial charge in [-0.1, -0.05) is 30.3 Å². The Morgan fingerprint density at radius 1 is 1.18 bits per heavy atom. The summed E-state index contributed by atoms with van der Waals surface area (Å²) in [6, 6.07) is 10.3. The molecular formula is C14H18O3. The lowest BCUT2D eigenvalue weighted by Gasteiger charge is -2.00. The third-order valence-corrected chi connectivity index (χ3v) is 3.43. The van der Waals surface area contributed by atoms with Crippen LogP contribution in [0.5, 0.6) is 0 Å². The minimum atomic E-state index is 0.0171. The summed E-state index contributed by atoms with van der Waals surface area (Å²) in [6.07, 6.45) is 0.708. The summed E-state index contributed by atoms with van der Waals surface area (Å²) in [5.41, 5.74) is 1.26. The molecule has 3 rings (SSSR count). The maximum Gasteiger partial charge on any atom is 0.112 e. The van der Waals surface area contributed by atoms with Crippen LogP contribution >= 0.6 is 0 Å². The molecule has 0 aliphatic carbocycles. The van der Waals surface area contributed by atoms with Gasteiger partial charge in [-0.2, -0.15) is 0 Å². The van der Waals surface area contributed by atoms with Gasteiger partial charge in [0, 0.05) is 0 Å². The Bertz CT molecular complexity index is 388. The smallest absolute Gasteiger partial charge is 0.112 e. The zero-order valence-corrected chi connectivity index (χ0v) is 10.3. The van der Waals surface area contributed by atoms with Crippen LogP contribution in [0.4, 0.5) is 0 Å². The first kappa shape index (κ1) is 11.2.